The van der Waals surface area contributed by atoms with Crippen molar-refractivity contribution in [2.75, 3.05) is 152 Å². The van der Waals surface area contributed by atoms with E-state index in [0.717, 1.165) is 39.2 Å². The van der Waals surface area contributed by atoms with E-state index in [1.54, 1.807) is 68.3 Å². The predicted octanol–water partition coefficient (Wildman–Crippen LogP) is 10.7. The van der Waals surface area contributed by atoms with Crippen molar-refractivity contribution < 1.29 is 105 Å². The topological polar surface area (TPSA) is 342 Å². The molecule has 4 aliphatic heterocycles. The summed E-state index contributed by atoms with van der Waals surface area (Å²) in [6, 6.07) is 17.6. The van der Waals surface area contributed by atoms with Gasteiger partial charge >= 0.3 is 0 Å². The maximum atomic E-state index is 14.2. The molecule has 4 N–H and O–H groups in total. The van der Waals surface area contributed by atoms with Gasteiger partial charge in [0.25, 0.3) is 5.91 Å². The van der Waals surface area contributed by atoms with Gasteiger partial charge in [-0.25, -0.2) is 0 Å². The molecule has 11 rings (SSSR count). The van der Waals surface area contributed by atoms with Crippen LogP contribution in [0.5, 0.6) is 34.5 Å². The van der Waals surface area contributed by atoms with Gasteiger partial charge in [0.1, 0.15) is 17.9 Å². The van der Waals surface area contributed by atoms with Gasteiger partial charge in [-0.1, -0.05) is 98.7 Å². The first kappa shape index (κ1) is 89.0. The van der Waals surface area contributed by atoms with Crippen molar-refractivity contribution in [2.45, 2.75) is 103 Å². The van der Waals surface area contributed by atoms with Gasteiger partial charge < -0.3 is 92.5 Å². The molecule has 0 radical (unpaired) electrons. The third-order valence-electron chi connectivity index (χ3n) is 20.8. The number of fused-ring (bicyclic) bond motifs is 5. The number of aliphatic imine (C=N–C) groups is 2. The standard InChI is InChI=1S/C90H109N7O22/c1-59(2)86(96-85(101)26-30-108-32-34-110-36-38-112-40-42-114-44-45-115-43-41-113-39-37-111-35-33-109-31-27-91-84(100)17-12-11-16-70-77(99)50-71(87(70)102)62-14-9-7-6-8-10-15-62)89(104)94-60(3)88(103)95-68-23-20-61(21-24-68)67-47-69-56-93-75-54-83(80(107-5)52-73(75)90(105)97(69)57-67)117-29-13-28-116-82-53-74-72(51-79(82)106-4)76(98)48-64-19-18-63(46-66(64)55-92-74)65-22-25-78-81(49-65)119-58-118-78/h6-10,14-15,18-25,49,51-57,59-60,66,69-71,86H,11-13,16-17,26-48,50,58H2,1-5H3,(H,91,100)(H,94,104)(H,95,103)(H,96,101)/b7-6-,8-6?,9-7?,10-8-,14-9-,15-10?,62-14?,62-15+,92-55-/t60-,66-,69-,70?,71?,86?/m0/s1. The second-order valence-electron chi connectivity index (χ2n) is 29.5. The van der Waals surface area contributed by atoms with E-state index in [9.17, 15) is 38.4 Å². The van der Waals surface area contributed by atoms with E-state index >= 15 is 0 Å². The van der Waals surface area contributed by atoms with E-state index in [-0.39, 0.29) is 105 Å². The second kappa shape index (κ2) is 46.6. The third kappa shape index (κ3) is 26.4. The van der Waals surface area contributed by atoms with Crippen LogP contribution in [0, 0.1) is 23.7 Å². The van der Waals surface area contributed by atoms with Crippen molar-refractivity contribution in [3.63, 3.8) is 0 Å². The Hall–Kier alpha value is -10.8. The summed E-state index contributed by atoms with van der Waals surface area (Å²) in [5, 5.41) is 11.2. The number of rotatable bonds is 49. The van der Waals surface area contributed by atoms with Gasteiger partial charge in [-0.05, 0) is 96.3 Å². The van der Waals surface area contributed by atoms with Gasteiger partial charge in [0.15, 0.2) is 46.1 Å². The highest BCUT2D eigenvalue weighted by molar-refractivity contribution is 6.11. The number of carbonyl (C=O) groups is 8. The second-order valence-corrected chi connectivity index (χ2v) is 29.5. The minimum absolute atomic E-state index is 0.0108. The van der Waals surface area contributed by atoms with Gasteiger partial charge in [0.05, 0.1) is 168 Å². The first-order chi connectivity index (χ1) is 58.0. The van der Waals surface area contributed by atoms with E-state index in [2.05, 4.69) is 27.3 Å². The monoisotopic (exact) mass is 1640 g/mol. The number of Topliss-reactive ketones (excluding diaryl/α,β-unsaturated/α-hetero) is 3. The molecule has 0 aromatic heterocycles. The molecular formula is C90H109N7O22. The molecule has 0 saturated heterocycles. The minimum atomic E-state index is -0.947. The molecular weight excluding hydrogens is 1530 g/mol. The van der Waals surface area contributed by atoms with Crippen LogP contribution in [-0.2, 0) is 66.7 Å². The van der Waals surface area contributed by atoms with Crippen LogP contribution in [0.4, 0.5) is 17.1 Å². The number of carbonyl (C=O) groups excluding carboxylic acids is 8. The first-order valence-electron chi connectivity index (χ1n) is 40.8. The zero-order valence-corrected chi connectivity index (χ0v) is 68.4. The molecule has 636 valence electrons. The molecule has 6 atom stereocenters. The van der Waals surface area contributed by atoms with E-state index in [1.165, 1.54) is 14.2 Å². The van der Waals surface area contributed by atoms with Crippen molar-refractivity contribution in [2.24, 2.45) is 33.7 Å². The Kier molecular flexibility index (Phi) is 34.8. The highest BCUT2D eigenvalue weighted by atomic mass is 16.7. The lowest BCUT2D eigenvalue weighted by molar-refractivity contribution is -0.132. The smallest absolute Gasteiger partial charge is 0.260 e. The number of unbranched alkanes of at least 4 members (excludes halogenated alkanes) is 1. The number of hydrogen-bond donors (Lipinski definition) is 4. The van der Waals surface area contributed by atoms with Gasteiger partial charge in [-0.3, -0.25) is 48.3 Å². The van der Waals surface area contributed by atoms with Crippen LogP contribution in [0.25, 0.3) is 11.1 Å². The summed E-state index contributed by atoms with van der Waals surface area (Å²) in [7, 11) is 3.04. The number of hydrogen-bond acceptors (Lipinski definition) is 24. The van der Waals surface area contributed by atoms with E-state index < -0.39 is 35.7 Å². The summed E-state index contributed by atoms with van der Waals surface area (Å²) in [6.07, 6.45) is 26.9. The maximum Gasteiger partial charge on any atom is 0.260 e. The van der Waals surface area contributed by atoms with Crippen molar-refractivity contribution in [1.82, 2.24) is 20.9 Å². The molecule has 29 heteroatoms. The lowest BCUT2D eigenvalue weighted by Crippen LogP contribution is -2.53. The van der Waals surface area contributed by atoms with Gasteiger partial charge in [-0.2, -0.15) is 0 Å². The SMILES string of the molecule is COc1cc2c(cc1OCCCOc1cc3c(cc1OC)C(=O)CC1=CC=C(c4ccc5c(c4)OCO5)C[C@H]1/C=N\3)N=C[C@@H]1CC(c3ccc(NC(=O)[C@H](C)NC(=O)C(NC(=O)CCOCCOCCOCCOCCOCCOCCOCCOCCNC(=O)CCCCC4C(=O)CC(C5=C/C=C\C=C/C=C\5)C4=O)C(C)C)cc3)=CN1C2=O. The molecule has 0 spiro atoms. The predicted molar refractivity (Wildman–Crippen MR) is 445 cm³/mol. The Bertz CT molecular complexity index is 4480. The van der Waals surface area contributed by atoms with Crippen LogP contribution in [0.2, 0.25) is 0 Å². The molecule has 3 unspecified atom stereocenters. The fourth-order valence-electron chi connectivity index (χ4n) is 14.2. The Morgan fingerprint density at radius 2 is 1.13 bits per heavy atom. The molecule has 29 nitrogen and oxygen atoms in total. The lowest BCUT2D eigenvalue weighted by atomic mass is 9.81. The van der Waals surface area contributed by atoms with Crippen LogP contribution < -0.4 is 49.7 Å². The number of nitrogens with zero attached hydrogens (tertiary/aromatic N) is 3. The fourth-order valence-corrected chi connectivity index (χ4v) is 14.2. The number of ketones is 3. The number of methoxy groups -OCH3 is 2. The van der Waals surface area contributed by atoms with Gasteiger partial charge in [-0.15, -0.1) is 0 Å². The zero-order chi connectivity index (χ0) is 83.7. The normalized spacial score (nSPS) is 19.6. The highest BCUT2D eigenvalue weighted by Crippen LogP contribution is 2.44. The number of ether oxygens (including phenoxy) is 14. The van der Waals surface area contributed by atoms with Crippen molar-refractivity contribution in [1.29, 1.82) is 0 Å². The summed E-state index contributed by atoms with van der Waals surface area (Å²) in [6.45, 7) is 12.0. The Morgan fingerprint density at radius 1 is 0.538 bits per heavy atom. The number of nitrogens with one attached hydrogen (secondary N) is 4. The molecule has 7 aliphatic rings. The van der Waals surface area contributed by atoms with Crippen molar-refractivity contribution in [3.8, 4) is 34.5 Å². The van der Waals surface area contributed by atoms with Gasteiger partial charge in [0.2, 0.25) is 30.4 Å². The van der Waals surface area contributed by atoms with E-state index in [4.69, 9.17) is 76.3 Å². The van der Waals surface area contributed by atoms with Gasteiger partial charge in [0, 0.05) is 93.0 Å². The molecule has 1 fully saturated rings. The lowest BCUT2D eigenvalue weighted by Gasteiger charge is -2.24. The van der Waals surface area contributed by atoms with Crippen LogP contribution in [-0.4, -0.2) is 229 Å². The summed E-state index contributed by atoms with van der Waals surface area (Å²) in [5.41, 5.74) is 7.92. The summed E-state index contributed by atoms with van der Waals surface area (Å²) < 4.78 is 79.5. The first-order valence-corrected chi connectivity index (χ1v) is 40.8. The Balaban J connectivity index is 0.479. The molecule has 5 amide bonds. The maximum absolute atomic E-state index is 14.2. The molecule has 119 heavy (non-hydrogen) atoms. The average molecular weight is 1640 g/mol. The number of amides is 5. The van der Waals surface area contributed by atoms with Crippen LogP contribution >= 0.6 is 0 Å². The van der Waals surface area contributed by atoms with Crippen molar-refractivity contribution >= 4 is 87.5 Å². The van der Waals surface area contributed by atoms with E-state index in [1.807, 2.05) is 91.4 Å². The third-order valence-corrected chi connectivity index (χ3v) is 20.8. The summed E-state index contributed by atoms with van der Waals surface area (Å²) in [4.78, 5) is 117. The van der Waals surface area contributed by atoms with Crippen LogP contribution in [0.15, 0.2) is 149 Å². The molecule has 4 aromatic rings. The molecule has 1 saturated carbocycles. The van der Waals surface area contributed by atoms with Crippen LogP contribution in [0.3, 0.4) is 0 Å². The fraction of sp³-hybridized carbons (Fsp3) is 0.467. The number of anilines is 1. The molecule has 0 bridgehead atoms. The van der Waals surface area contributed by atoms with Crippen LogP contribution in [0.1, 0.15) is 117 Å². The Morgan fingerprint density at radius 3 is 1.79 bits per heavy atom. The average Bonchev–Trinajstić information content (AvgIpc) is 1.36. The quantitative estimate of drug-likeness (QED) is 0.0236. The van der Waals surface area contributed by atoms with Crippen molar-refractivity contribution in [3.05, 3.63) is 161 Å². The molecule has 3 aliphatic carbocycles. The molecule has 4 heterocycles. The Labute approximate surface area is 693 Å². The molecule has 4 aromatic carbocycles. The summed E-state index contributed by atoms with van der Waals surface area (Å²) >= 11 is 0. The summed E-state index contributed by atoms with van der Waals surface area (Å²) in [5.74, 6) is -0.117. The number of allylic oxidation sites excluding steroid dienone is 12. The largest absolute Gasteiger partial charge is 0.493 e. The highest BCUT2D eigenvalue weighted by Gasteiger charge is 2.42. The van der Waals surface area contributed by atoms with E-state index in [0.29, 0.717) is 201 Å². The number of benzene rings is 4. The zero-order valence-electron chi connectivity index (χ0n) is 68.4. The minimum Gasteiger partial charge on any atom is -0.493 e.